The van der Waals surface area contributed by atoms with E-state index in [1.807, 2.05) is 6.92 Å². The molecule has 3 N–H and O–H groups in total. The molecule has 0 aliphatic carbocycles. The second kappa shape index (κ2) is 8.23. The number of H-pyrrole nitrogens is 1. The van der Waals surface area contributed by atoms with Gasteiger partial charge in [0.15, 0.2) is 17.2 Å². The van der Waals surface area contributed by atoms with Gasteiger partial charge >= 0.3 is 0 Å². The third-order valence-electron chi connectivity index (χ3n) is 5.56. The number of aromatic hydroxyl groups is 1. The summed E-state index contributed by atoms with van der Waals surface area (Å²) in [6.45, 7) is 6.54. The van der Waals surface area contributed by atoms with Crippen LogP contribution >= 0.6 is 0 Å². The van der Waals surface area contributed by atoms with Crippen molar-refractivity contribution in [3.8, 4) is 17.0 Å². The summed E-state index contributed by atoms with van der Waals surface area (Å²) in [7, 11) is 0. The number of rotatable bonds is 4. The number of fused-ring (bicyclic) bond motifs is 1. The van der Waals surface area contributed by atoms with Crippen molar-refractivity contribution in [2.45, 2.75) is 31.7 Å². The van der Waals surface area contributed by atoms with Crippen LogP contribution in [0, 0.1) is 12.7 Å². The predicted molar refractivity (Wildman–Crippen MR) is 111 cm³/mol. The Labute approximate surface area is 173 Å². The van der Waals surface area contributed by atoms with Gasteiger partial charge in [-0.05, 0) is 49.6 Å². The minimum atomic E-state index is -0.702. The highest BCUT2D eigenvalue weighted by atomic mass is 19.1. The van der Waals surface area contributed by atoms with Gasteiger partial charge in [-0.1, -0.05) is 12.6 Å². The SMILES string of the molecule is C=CC(=O)N[C@@H]1COCC[C@@H](c2[nH]c3nnc(-c4cccc(F)c4O)cc3c2C)C1. The van der Waals surface area contributed by atoms with Crippen LogP contribution in [0.4, 0.5) is 4.39 Å². The van der Waals surface area contributed by atoms with Crippen LogP contribution in [0.2, 0.25) is 0 Å². The summed E-state index contributed by atoms with van der Waals surface area (Å²) in [5.74, 6) is -1.22. The summed E-state index contributed by atoms with van der Waals surface area (Å²) in [4.78, 5) is 15.1. The Morgan fingerprint density at radius 3 is 3.07 bits per heavy atom. The fourth-order valence-corrected chi connectivity index (χ4v) is 4.00. The van der Waals surface area contributed by atoms with E-state index >= 15 is 0 Å². The number of benzene rings is 1. The first kappa shape index (κ1) is 20.0. The second-order valence-corrected chi connectivity index (χ2v) is 7.50. The number of amides is 1. The van der Waals surface area contributed by atoms with Gasteiger partial charge in [0.05, 0.1) is 18.3 Å². The van der Waals surface area contributed by atoms with Crippen LogP contribution in [-0.4, -0.2) is 45.5 Å². The van der Waals surface area contributed by atoms with E-state index in [-0.39, 0.29) is 17.9 Å². The van der Waals surface area contributed by atoms with E-state index in [1.54, 1.807) is 12.1 Å². The number of carbonyl (C=O) groups is 1. The zero-order chi connectivity index (χ0) is 21.3. The Kier molecular flexibility index (Phi) is 5.50. The minimum Gasteiger partial charge on any atom is -0.504 e. The molecule has 8 heteroatoms. The molecule has 0 bridgehead atoms. The molecule has 2 atom stereocenters. The molecule has 1 aliphatic rings. The summed E-state index contributed by atoms with van der Waals surface area (Å²) < 4.78 is 19.4. The van der Waals surface area contributed by atoms with Crippen molar-refractivity contribution >= 4 is 16.9 Å². The van der Waals surface area contributed by atoms with Gasteiger partial charge in [-0.3, -0.25) is 4.79 Å². The third kappa shape index (κ3) is 3.78. The van der Waals surface area contributed by atoms with Gasteiger partial charge in [-0.25, -0.2) is 4.39 Å². The number of carbonyl (C=O) groups excluding carboxylic acids is 1. The molecule has 3 aromatic rings. The van der Waals surface area contributed by atoms with E-state index < -0.39 is 11.6 Å². The standard InChI is InChI=1S/C22H23FN4O3/c1-3-19(28)24-14-9-13(7-8-30-11-14)20-12(2)16-10-18(26-27-22(16)25-20)15-5-4-6-17(23)21(15)29/h3-6,10,13-14,29H,1,7-9,11H2,2H3,(H,24,28)(H,25,27)/t13-,14+/m1/s1. The van der Waals surface area contributed by atoms with E-state index in [1.165, 1.54) is 18.2 Å². The Bertz CT molecular complexity index is 1110. The number of halogens is 1. The molecule has 156 valence electrons. The van der Waals surface area contributed by atoms with E-state index in [0.717, 1.165) is 29.5 Å². The molecule has 0 spiro atoms. The molecule has 0 radical (unpaired) electrons. The lowest BCUT2D eigenvalue weighted by Crippen LogP contribution is -2.37. The number of phenols is 1. The molecular weight excluding hydrogens is 387 g/mol. The molecule has 1 amide bonds. The van der Waals surface area contributed by atoms with E-state index in [2.05, 4.69) is 27.1 Å². The summed E-state index contributed by atoms with van der Waals surface area (Å²) in [5, 5.41) is 22.2. The number of para-hydroxylation sites is 1. The molecule has 0 saturated carbocycles. The first-order valence-corrected chi connectivity index (χ1v) is 9.82. The number of nitrogens with one attached hydrogen (secondary N) is 2. The van der Waals surface area contributed by atoms with Crippen LogP contribution in [-0.2, 0) is 9.53 Å². The van der Waals surface area contributed by atoms with Gasteiger partial charge in [0.1, 0.15) is 0 Å². The summed E-state index contributed by atoms with van der Waals surface area (Å²) in [6, 6.07) is 6.01. The van der Waals surface area contributed by atoms with Gasteiger partial charge < -0.3 is 20.1 Å². The fraction of sp³-hybridized carbons (Fsp3) is 0.318. The van der Waals surface area contributed by atoms with Gasteiger partial charge in [0.25, 0.3) is 0 Å². The number of aromatic amines is 1. The highest BCUT2D eigenvalue weighted by Gasteiger charge is 2.26. The summed E-state index contributed by atoms with van der Waals surface area (Å²) in [5.41, 5.74) is 3.34. The van der Waals surface area contributed by atoms with Crippen molar-refractivity contribution in [3.05, 3.63) is 54.0 Å². The Morgan fingerprint density at radius 2 is 2.27 bits per heavy atom. The topological polar surface area (TPSA) is 100 Å². The van der Waals surface area contributed by atoms with E-state index in [4.69, 9.17) is 4.74 Å². The molecule has 3 heterocycles. The first-order valence-electron chi connectivity index (χ1n) is 9.82. The van der Waals surface area contributed by atoms with Crippen LogP contribution in [0.5, 0.6) is 5.75 Å². The van der Waals surface area contributed by atoms with Gasteiger partial charge in [0, 0.05) is 29.2 Å². The average molecular weight is 410 g/mol. The maximum atomic E-state index is 13.7. The largest absolute Gasteiger partial charge is 0.504 e. The number of phenolic OH excluding ortho intramolecular Hbond substituents is 1. The fourth-order valence-electron chi connectivity index (χ4n) is 4.00. The smallest absolute Gasteiger partial charge is 0.243 e. The van der Waals surface area contributed by atoms with E-state index in [0.29, 0.717) is 30.1 Å². The second-order valence-electron chi connectivity index (χ2n) is 7.50. The van der Waals surface area contributed by atoms with Crippen molar-refractivity contribution in [1.29, 1.82) is 0 Å². The number of hydrogen-bond acceptors (Lipinski definition) is 5. The van der Waals surface area contributed by atoms with Crippen LogP contribution in [0.25, 0.3) is 22.3 Å². The highest BCUT2D eigenvalue weighted by Crippen LogP contribution is 2.35. The van der Waals surface area contributed by atoms with Gasteiger partial charge in [-0.15, -0.1) is 10.2 Å². The van der Waals surface area contributed by atoms with Crippen LogP contribution in [0.15, 0.2) is 36.9 Å². The Morgan fingerprint density at radius 1 is 1.43 bits per heavy atom. The van der Waals surface area contributed by atoms with Crippen molar-refractivity contribution < 1.29 is 19.0 Å². The lowest BCUT2D eigenvalue weighted by Gasteiger charge is -2.19. The Balaban J connectivity index is 1.68. The quantitative estimate of drug-likeness (QED) is 0.573. The van der Waals surface area contributed by atoms with Crippen LogP contribution in [0.3, 0.4) is 0 Å². The molecule has 1 saturated heterocycles. The van der Waals surface area contributed by atoms with Gasteiger partial charge in [0.2, 0.25) is 5.91 Å². The summed E-state index contributed by atoms with van der Waals surface area (Å²) >= 11 is 0. The number of nitrogens with zero attached hydrogens (tertiary/aromatic N) is 2. The average Bonchev–Trinajstić information content (AvgIpc) is 2.91. The molecule has 1 aliphatic heterocycles. The third-order valence-corrected chi connectivity index (χ3v) is 5.56. The Hall–Kier alpha value is -3.26. The lowest BCUT2D eigenvalue weighted by atomic mass is 9.92. The van der Waals surface area contributed by atoms with E-state index in [9.17, 15) is 14.3 Å². The normalized spacial score (nSPS) is 19.4. The first-order chi connectivity index (χ1) is 14.5. The molecule has 1 fully saturated rings. The molecule has 1 aromatic carbocycles. The molecule has 0 unspecified atom stereocenters. The lowest BCUT2D eigenvalue weighted by molar-refractivity contribution is -0.117. The minimum absolute atomic E-state index is 0.111. The van der Waals surface area contributed by atoms with Crippen LogP contribution in [0.1, 0.15) is 30.0 Å². The number of aryl methyl sites for hydroxylation is 1. The maximum Gasteiger partial charge on any atom is 0.243 e. The maximum absolute atomic E-state index is 13.7. The number of aromatic nitrogens is 3. The molecule has 2 aromatic heterocycles. The summed E-state index contributed by atoms with van der Waals surface area (Å²) in [6.07, 6.45) is 2.78. The molecule has 30 heavy (non-hydrogen) atoms. The monoisotopic (exact) mass is 410 g/mol. The predicted octanol–water partition coefficient (Wildman–Crippen LogP) is 3.34. The van der Waals surface area contributed by atoms with Crippen molar-refractivity contribution in [1.82, 2.24) is 20.5 Å². The zero-order valence-electron chi connectivity index (χ0n) is 16.6. The number of ether oxygens (including phenoxy) is 1. The molecular formula is C22H23FN4O3. The highest BCUT2D eigenvalue weighted by molar-refractivity contribution is 5.87. The van der Waals surface area contributed by atoms with Gasteiger partial charge in [-0.2, -0.15) is 0 Å². The zero-order valence-corrected chi connectivity index (χ0v) is 16.6. The van der Waals surface area contributed by atoms with Crippen molar-refractivity contribution in [3.63, 3.8) is 0 Å². The molecule has 7 nitrogen and oxygen atoms in total. The van der Waals surface area contributed by atoms with Crippen molar-refractivity contribution in [2.24, 2.45) is 0 Å². The molecule has 4 rings (SSSR count). The number of hydrogen-bond donors (Lipinski definition) is 3. The van der Waals surface area contributed by atoms with Crippen LogP contribution < -0.4 is 5.32 Å². The van der Waals surface area contributed by atoms with Crippen molar-refractivity contribution in [2.75, 3.05) is 13.2 Å².